The number of carbonyl (C=O) groups is 3. The van der Waals surface area contributed by atoms with Crippen LogP contribution in [0.5, 0.6) is 0 Å². The first-order chi connectivity index (χ1) is 14.4. The van der Waals surface area contributed by atoms with Crippen LogP contribution in [0, 0.1) is 6.92 Å². The molecule has 0 N–H and O–H groups in total. The van der Waals surface area contributed by atoms with E-state index in [2.05, 4.69) is 0 Å². The van der Waals surface area contributed by atoms with Gasteiger partial charge in [-0.05, 0) is 55.5 Å². The van der Waals surface area contributed by atoms with Gasteiger partial charge in [-0.3, -0.25) is 14.4 Å². The lowest BCUT2D eigenvalue weighted by molar-refractivity contribution is -0.122. The molecule has 0 bridgehead atoms. The Morgan fingerprint density at radius 2 is 1.90 bits per heavy atom. The summed E-state index contributed by atoms with van der Waals surface area (Å²) < 4.78 is 5.40. The van der Waals surface area contributed by atoms with Gasteiger partial charge in [0.15, 0.2) is 0 Å². The van der Waals surface area contributed by atoms with Crippen LogP contribution in [0.3, 0.4) is 0 Å². The van der Waals surface area contributed by atoms with E-state index in [1.165, 1.54) is 11.2 Å². The van der Waals surface area contributed by atoms with E-state index in [1.54, 1.807) is 54.6 Å². The molecule has 1 saturated heterocycles. The second kappa shape index (κ2) is 8.16. The number of halogens is 1. The number of furan rings is 1. The van der Waals surface area contributed by atoms with Gasteiger partial charge in [0.2, 0.25) is 5.91 Å². The zero-order valence-corrected chi connectivity index (χ0v) is 17.0. The van der Waals surface area contributed by atoms with Gasteiger partial charge >= 0.3 is 0 Å². The maximum atomic E-state index is 13.3. The Bertz CT molecular complexity index is 1090. The van der Waals surface area contributed by atoms with Gasteiger partial charge in [-0.1, -0.05) is 29.3 Å². The number of imide groups is 1. The Balaban J connectivity index is 1.68. The van der Waals surface area contributed by atoms with Gasteiger partial charge in [0.1, 0.15) is 11.8 Å². The van der Waals surface area contributed by atoms with Gasteiger partial charge in [-0.25, -0.2) is 4.90 Å². The molecule has 1 aliphatic rings. The van der Waals surface area contributed by atoms with Crippen LogP contribution in [-0.2, 0) is 16.1 Å². The maximum absolute atomic E-state index is 13.3. The minimum Gasteiger partial charge on any atom is -0.467 e. The minimum absolute atomic E-state index is 0.0813. The lowest BCUT2D eigenvalue weighted by Crippen LogP contribution is -2.45. The van der Waals surface area contributed by atoms with Crippen molar-refractivity contribution in [1.82, 2.24) is 4.90 Å². The zero-order valence-electron chi connectivity index (χ0n) is 16.2. The maximum Gasteiger partial charge on any atom is 0.257 e. The number of benzene rings is 2. The molecule has 0 aliphatic carbocycles. The number of rotatable bonds is 5. The van der Waals surface area contributed by atoms with Crippen LogP contribution in [0.4, 0.5) is 5.69 Å². The smallest absolute Gasteiger partial charge is 0.257 e. The SMILES string of the molecule is Cc1cccc(C(=O)N(Cc2ccco2)C2CC(=O)N(c3ccc(Cl)cc3)C2=O)c1. The molecule has 1 fully saturated rings. The summed E-state index contributed by atoms with van der Waals surface area (Å²) in [5.41, 5.74) is 1.81. The standard InChI is InChI=1S/C23H19ClN2O4/c1-15-4-2-5-16(12-15)22(28)25(14-19-6-3-11-30-19)20-13-21(27)26(23(20)29)18-9-7-17(24)8-10-18/h2-12,20H,13-14H2,1H3. The molecule has 1 atom stereocenters. The summed E-state index contributed by atoms with van der Waals surface area (Å²) in [4.78, 5) is 41.8. The quantitative estimate of drug-likeness (QED) is 0.577. The molecule has 1 aromatic heterocycles. The molecule has 7 heteroatoms. The first-order valence-electron chi connectivity index (χ1n) is 9.46. The molecule has 4 rings (SSSR count). The van der Waals surface area contributed by atoms with Gasteiger partial charge < -0.3 is 9.32 Å². The first kappa shape index (κ1) is 19.9. The second-order valence-electron chi connectivity index (χ2n) is 7.15. The van der Waals surface area contributed by atoms with Crippen molar-refractivity contribution in [2.24, 2.45) is 0 Å². The molecule has 1 unspecified atom stereocenters. The Kier molecular flexibility index (Phi) is 5.42. The minimum atomic E-state index is -0.925. The highest BCUT2D eigenvalue weighted by Gasteiger charge is 2.44. The van der Waals surface area contributed by atoms with E-state index < -0.39 is 11.9 Å². The average Bonchev–Trinajstić information content (AvgIpc) is 3.34. The van der Waals surface area contributed by atoms with Gasteiger partial charge in [-0.2, -0.15) is 0 Å². The van der Waals surface area contributed by atoms with Crippen LogP contribution >= 0.6 is 11.6 Å². The van der Waals surface area contributed by atoms with Gasteiger partial charge in [-0.15, -0.1) is 0 Å². The van der Waals surface area contributed by atoms with Gasteiger partial charge in [0, 0.05) is 10.6 Å². The second-order valence-corrected chi connectivity index (χ2v) is 7.58. The van der Waals surface area contributed by atoms with Crippen molar-refractivity contribution < 1.29 is 18.8 Å². The molecular weight excluding hydrogens is 404 g/mol. The third-order valence-electron chi connectivity index (χ3n) is 5.02. The number of amides is 3. The Hall–Kier alpha value is -3.38. The van der Waals surface area contributed by atoms with E-state index in [0.29, 0.717) is 22.0 Å². The normalized spacial score (nSPS) is 16.2. The fraction of sp³-hybridized carbons (Fsp3) is 0.174. The van der Waals surface area contributed by atoms with Crippen LogP contribution in [0.1, 0.15) is 28.1 Å². The molecular formula is C23H19ClN2O4. The molecule has 30 heavy (non-hydrogen) atoms. The number of carbonyl (C=O) groups excluding carboxylic acids is 3. The van der Waals surface area contributed by atoms with Crippen LogP contribution in [-0.4, -0.2) is 28.7 Å². The average molecular weight is 423 g/mol. The molecule has 3 aromatic rings. The van der Waals surface area contributed by atoms with Crippen LogP contribution in [0.2, 0.25) is 5.02 Å². The van der Waals surface area contributed by atoms with E-state index in [-0.39, 0.29) is 24.8 Å². The van der Waals surface area contributed by atoms with E-state index in [1.807, 2.05) is 13.0 Å². The Morgan fingerprint density at radius 1 is 1.13 bits per heavy atom. The van der Waals surface area contributed by atoms with E-state index in [0.717, 1.165) is 10.5 Å². The van der Waals surface area contributed by atoms with Crippen molar-refractivity contribution >= 4 is 35.0 Å². The van der Waals surface area contributed by atoms with Crippen molar-refractivity contribution in [3.63, 3.8) is 0 Å². The number of nitrogens with zero attached hydrogens (tertiary/aromatic N) is 2. The highest BCUT2D eigenvalue weighted by molar-refractivity contribution is 6.31. The van der Waals surface area contributed by atoms with E-state index in [4.69, 9.17) is 16.0 Å². The summed E-state index contributed by atoms with van der Waals surface area (Å²) in [6.45, 7) is 1.97. The molecule has 0 radical (unpaired) electrons. The predicted molar refractivity (Wildman–Crippen MR) is 112 cm³/mol. The molecule has 6 nitrogen and oxygen atoms in total. The van der Waals surface area contributed by atoms with Crippen LogP contribution < -0.4 is 4.90 Å². The van der Waals surface area contributed by atoms with Crippen molar-refractivity contribution in [2.45, 2.75) is 25.9 Å². The summed E-state index contributed by atoms with van der Waals surface area (Å²) >= 11 is 5.92. The number of hydrogen-bond donors (Lipinski definition) is 0. The lowest BCUT2D eigenvalue weighted by atomic mass is 10.1. The lowest BCUT2D eigenvalue weighted by Gasteiger charge is -2.27. The number of hydrogen-bond acceptors (Lipinski definition) is 4. The summed E-state index contributed by atoms with van der Waals surface area (Å²) in [6.07, 6.45) is 1.41. The summed E-state index contributed by atoms with van der Waals surface area (Å²) in [6, 6.07) is 16.1. The summed E-state index contributed by atoms with van der Waals surface area (Å²) in [7, 11) is 0. The van der Waals surface area contributed by atoms with Gasteiger partial charge in [0.25, 0.3) is 11.8 Å². The summed E-state index contributed by atoms with van der Waals surface area (Å²) in [5, 5.41) is 0.503. The third-order valence-corrected chi connectivity index (χ3v) is 5.27. The summed E-state index contributed by atoms with van der Waals surface area (Å²) in [5.74, 6) is -0.621. The van der Waals surface area contributed by atoms with E-state index in [9.17, 15) is 14.4 Å². The van der Waals surface area contributed by atoms with E-state index >= 15 is 0 Å². The first-order valence-corrected chi connectivity index (χ1v) is 9.84. The fourth-order valence-corrected chi connectivity index (χ4v) is 3.68. The van der Waals surface area contributed by atoms with Crippen molar-refractivity contribution in [3.8, 4) is 0 Å². The zero-order chi connectivity index (χ0) is 21.3. The topological polar surface area (TPSA) is 70.8 Å². The predicted octanol–water partition coefficient (Wildman–Crippen LogP) is 4.22. The Labute approximate surface area is 178 Å². The third kappa shape index (κ3) is 3.86. The van der Waals surface area contributed by atoms with Crippen molar-refractivity contribution in [2.75, 3.05) is 4.90 Å². The molecule has 2 heterocycles. The number of aryl methyl sites for hydroxylation is 1. The van der Waals surface area contributed by atoms with Crippen LogP contribution in [0.25, 0.3) is 0 Å². The Morgan fingerprint density at radius 3 is 2.57 bits per heavy atom. The molecule has 2 aromatic carbocycles. The van der Waals surface area contributed by atoms with Gasteiger partial charge in [0.05, 0.1) is 24.9 Å². The monoisotopic (exact) mass is 422 g/mol. The fourth-order valence-electron chi connectivity index (χ4n) is 3.56. The number of anilines is 1. The highest BCUT2D eigenvalue weighted by atomic mass is 35.5. The van der Waals surface area contributed by atoms with Crippen molar-refractivity contribution in [3.05, 3.63) is 88.8 Å². The molecule has 1 aliphatic heterocycles. The molecule has 0 saturated carbocycles. The van der Waals surface area contributed by atoms with Crippen molar-refractivity contribution in [1.29, 1.82) is 0 Å². The molecule has 152 valence electrons. The van der Waals surface area contributed by atoms with Crippen LogP contribution in [0.15, 0.2) is 71.3 Å². The molecule has 0 spiro atoms. The highest BCUT2D eigenvalue weighted by Crippen LogP contribution is 2.28. The molecule has 3 amide bonds. The largest absolute Gasteiger partial charge is 0.467 e.